The molecule has 2 aromatic carbocycles. The van der Waals surface area contributed by atoms with E-state index in [2.05, 4.69) is 15.4 Å². The summed E-state index contributed by atoms with van der Waals surface area (Å²) in [5, 5.41) is 26.1. The number of rotatable bonds is 7. The molecule has 3 aromatic rings. The number of carbonyl (C=O) groups excluding carboxylic acids is 1. The Bertz CT molecular complexity index is 1320. The Hall–Kier alpha value is -3.35. The molecule has 2 heterocycles. The van der Waals surface area contributed by atoms with Crippen molar-refractivity contribution in [1.82, 2.24) is 15.1 Å². The predicted octanol–water partition coefficient (Wildman–Crippen LogP) is 3.03. The van der Waals surface area contributed by atoms with E-state index in [0.717, 1.165) is 17.8 Å². The minimum atomic E-state index is -4.54. The monoisotopic (exact) mass is 506 g/mol. The van der Waals surface area contributed by atoms with Crippen LogP contribution in [0.4, 0.5) is 13.2 Å². The van der Waals surface area contributed by atoms with E-state index in [-0.39, 0.29) is 30.3 Å². The summed E-state index contributed by atoms with van der Waals surface area (Å²) >= 11 is 1.11. The number of carbonyl (C=O) groups is 1. The molecule has 1 aromatic heterocycles. The highest BCUT2D eigenvalue weighted by Gasteiger charge is 2.34. The second-order valence-electron chi connectivity index (χ2n) is 7.69. The molecule has 12 heteroatoms. The van der Waals surface area contributed by atoms with Gasteiger partial charge in [0, 0.05) is 5.39 Å². The quantitative estimate of drug-likeness (QED) is 0.425. The van der Waals surface area contributed by atoms with Gasteiger partial charge >= 0.3 is 6.18 Å². The van der Waals surface area contributed by atoms with Gasteiger partial charge in [0.1, 0.15) is 5.75 Å². The average molecular weight is 507 g/mol. The van der Waals surface area contributed by atoms with Crippen LogP contribution in [0.5, 0.6) is 5.75 Å². The van der Waals surface area contributed by atoms with Gasteiger partial charge in [-0.25, -0.2) is 0 Å². The number of aliphatic hydroxyl groups is 2. The fraction of sp³-hybridized carbons (Fsp3) is 0.261. The first-order valence-corrected chi connectivity index (χ1v) is 11.2. The van der Waals surface area contributed by atoms with Crippen molar-refractivity contribution in [2.24, 2.45) is 4.99 Å². The second-order valence-corrected chi connectivity index (χ2v) is 8.72. The fourth-order valence-corrected chi connectivity index (χ4v) is 4.30. The number of halogens is 3. The number of benzene rings is 2. The summed E-state index contributed by atoms with van der Waals surface area (Å²) in [6.07, 6.45) is -2.33. The Morgan fingerprint density at radius 2 is 2.09 bits per heavy atom. The van der Waals surface area contributed by atoms with Gasteiger partial charge in [0.15, 0.2) is 5.17 Å². The van der Waals surface area contributed by atoms with Crippen molar-refractivity contribution in [3.05, 3.63) is 64.2 Å². The number of nitrogens with one attached hydrogen (secondary N) is 1. The maximum atomic E-state index is 13.6. The van der Waals surface area contributed by atoms with Crippen molar-refractivity contribution >= 4 is 39.8 Å². The molecule has 3 N–H and O–H groups in total. The van der Waals surface area contributed by atoms with Gasteiger partial charge in [-0.3, -0.25) is 14.5 Å². The number of methoxy groups -OCH3 is 1. The van der Waals surface area contributed by atoms with E-state index in [1.165, 1.54) is 23.9 Å². The summed E-state index contributed by atoms with van der Waals surface area (Å²) in [4.78, 5) is 16.7. The number of hydrogen-bond acceptors (Lipinski definition) is 7. The number of amidine groups is 1. The van der Waals surface area contributed by atoms with Crippen LogP contribution in [0.1, 0.15) is 16.7 Å². The smallest absolute Gasteiger partial charge is 0.416 e. The normalized spacial score (nSPS) is 17.4. The van der Waals surface area contributed by atoms with E-state index in [0.29, 0.717) is 26.5 Å². The van der Waals surface area contributed by atoms with Crippen molar-refractivity contribution < 1.29 is 32.9 Å². The fourth-order valence-electron chi connectivity index (χ4n) is 3.47. The Morgan fingerprint density at radius 1 is 1.29 bits per heavy atom. The zero-order chi connectivity index (χ0) is 25.2. The van der Waals surface area contributed by atoms with Crippen molar-refractivity contribution in [3.63, 3.8) is 0 Å². The van der Waals surface area contributed by atoms with Crippen LogP contribution in [0.15, 0.2) is 52.5 Å². The maximum Gasteiger partial charge on any atom is 0.416 e. The molecule has 0 bridgehead atoms. The third-order valence-electron chi connectivity index (χ3n) is 5.21. The van der Waals surface area contributed by atoms with Gasteiger partial charge in [-0.05, 0) is 53.2 Å². The van der Waals surface area contributed by atoms with Crippen LogP contribution in [0.3, 0.4) is 0 Å². The third-order valence-corrected chi connectivity index (χ3v) is 6.16. The Kier molecular flexibility index (Phi) is 7.15. The molecule has 35 heavy (non-hydrogen) atoms. The summed E-state index contributed by atoms with van der Waals surface area (Å²) in [5.74, 6) is -0.224. The summed E-state index contributed by atoms with van der Waals surface area (Å²) in [5.41, 5.74) is 0.619. The molecule has 1 saturated heterocycles. The topological polar surface area (TPSA) is 109 Å². The Labute approximate surface area is 202 Å². The highest BCUT2D eigenvalue weighted by atomic mass is 32.2. The van der Waals surface area contributed by atoms with Crippen molar-refractivity contribution in [1.29, 1.82) is 0 Å². The van der Waals surface area contributed by atoms with E-state index < -0.39 is 24.5 Å². The van der Waals surface area contributed by atoms with Crippen LogP contribution in [-0.4, -0.2) is 57.4 Å². The van der Waals surface area contributed by atoms with Crippen molar-refractivity contribution in [2.75, 3.05) is 20.3 Å². The Balaban J connectivity index is 1.57. The van der Waals surface area contributed by atoms with E-state index in [4.69, 9.17) is 9.84 Å². The van der Waals surface area contributed by atoms with E-state index in [9.17, 15) is 23.1 Å². The number of alkyl halides is 3. The highest BCUT2D eigenvalue weighted by molar-refractivity contribution is 8.18. The molecule has 0 radical (unpaired) electrons. The molecule has 1 fully saturated rings. The van der Waals surface area contributed by atoms with E-state index >= 15 is 0 Å². The number of aliphatic imine (C=N–C) groups is 1. The van der Waals surface area contributed by atoms with Crippen LogP contribution in [0.2, 0.25) is 0 Å². The van der Waals surface area contributed by atoms with Crippen LogP contribution in [-0.2, 0) is 17.5 Å². The zero-order valence-corrected chi connectivity index (χ0v) is 19.2. The lowest BCUT2D eigenvalue weighted by Gasteiger charge is -2.14. The molecule has 0 unspecified atom stereocenters. The molecule has 1 aliphatic heterocycles. The number of hydrogen-bond donors (Lipinski definition) is 3. The lowest BCUT2D eigenvalue weighted by Crippen LogP contribution is -2.22. The van der Waals surface area contributed by atoms with E-state index in [1.54, 1.807) is 30.5 Å². The molecular formula is C23H21F3N4O4S. The number of fused-ring (bicyclic) bond motifs is 1. The molecule has 1 amide bonds. The molecule has 8 nitrogen and oxygen atoms in total. The molecule has 4 rings (SSSR count). The molecule has 0 aliphatic carbocycles. The predicted molar refractivity (Wildman–Crippen MR) is 126 cm³/mol. The number of ether oxygens (including phenoxy) is 1. The van der Waals surface area contributed by atoms with Gasteiger partial charge in [0.2, 0.25) is 0 Å². The lowest BCUT2D eigenvalue weighted by atomic mass is 10.1. The van der Waals surface area contributed by atoms with Gasteiger partial charge in [-0.15, -0.1) is 0 Å². The SMILES string of the molecule is COc1ccc(Cn2ncc3cc(C=C4SC(=NC[C@H](O)CO)NC4=O)ccc32)c(C(F)(F)F)c1. The largest absolute Gasteiger partial charge is 0.497 e. The average Bonchev–Trinajstić information content (AvgIpc) is 3.39. The van der Waals surface area contributed by atoms with Gasteiger partial charge in [0.25, 0.3) is 5.91 Å². The van der Waals surface area contributed by atoms with Crippen molar-refractivity contribution in [2.45, 2.75) is 18.8 Å². The lowest BCUT2D eigenvalue weighted by molar-refractivity contribution is -0.138. The van der Waals surface area contributed by atoms with Crippen LogP contribution >= 0.6 is 11.8 Å². The number of nitrogens with zero attached hydrogens (tertiary/aromatic N) is 3. The maximum absolute atomic E-state index is 13.6. The molecule has 1 atom stereocenters. The molecule has 0 spiro atoms. The first kappa shape index (κ1) is 24.8. The second kappa shape index (κ2) is 10.1. The van der Waals surface area contributed by atoms with Gasteiger partial charge in [-0.2, -0.15) is 18.3 Å². The van der Waals surface area contributed by atoms with Gasteiger partial charge < -0.3 is 20.3 Å². The Morgan fingerprint density at radius 3 is 2.80 bits per heavy atom. The minimum absolute atomic E-state index is 0.0399. The van der Waals surface area contributed by atoms with Gasteiger partial charge in [0.05, 0.1) is 55.1 Å². The molecule has 1 aliphatic rings. The molecule has 184 valence electrons. The molecular weight excluding hydrogens is 485 g/mol. The number of aliphatic hydroxyl groups excluding tert-OH is 2. The van der Waals surface area contributed by atoms with Gasteiger partial charge in [-0.1, -0.05) is 12.1 Å². The highest BCUT2D eigenvalue weighted by Crippen LogP contribution is 2.35. The number of thioether (sulfide) groups is 1. The van der Waals surface area contributed by atoms with Crippen molar-refractivity contribution in [3.8, 4) is 5.75 Å². The summed E-state index contributed by atoms with van der Waals surface area (Å²) in [6, 6.07) is 9.08. The standard InChI is InChI=1S/C23H21F3N4O4S/c1-34-17-4-3-14(18(8-17)23(24,25)26)11-30-19-5-2-13(6-15(19)9-28-30)7-20-21(33)29-22(35-20)27-10-16(32)12-31/h2-9,16,31-32H,10-12H2,1H3,(H,27,29,33)/t16-/m0/s1. The first-order chi connectivity index (χ1) is 16.7. The van der Waals surface area contributed by atoms with Crippen LogP contribution < -0.4 is 10.1 Å². The van der Waals surface area contributed by atoms with Crippen LogP contribution in [0.25, 0.3) is 17.0 Å². The number of amides is 1. The van der Waals surface area contributed by atoms with Crippen LogP contribution in [0, 0.1) is 0 Å². The summed E-state index contributed by atoms with van der Waals surface area (Å²) in [7, 11) is 1.31. The molecule has 0 saturated carbocycles. The first-order valence-electron chi connectivity index (χ1n) is 10.4. The third kappa shape index (κ3) is 5.66. The summed E-state index contributed by atoms with van der Waals surface area (Å²) in [6.45, 7) is -0.551. The summed E-state index contributed by atoms with van der Waals surface area (Å²) < 4.78 is 47.1. The number of aromatic nitrogens is 2. The van der Waals surface area contributed by atoms with E-state index in [1.807, 2.05) is 0 Å². The zero-order valence-electron chi connectivity index (χ0n) is 18.4. The minimum Gasteiger partial charge on any atom is -0.497 e.